The molecule has 0 radical (unpaired) electrons. The molecule has 2 amide bonds. The van der Waals surface area contributed by atoms with E-state index in [9.17, 15) is 31.6 Å². The highest BCUT2D eigenvalue weighted by atomic mass is 32.2. The highest BCUT2D eigenvalue weighted by molar-refractivity contribution is 7.91. The Morgan fingerprint density at radius 2 is 1.53 bits per heavy atom. The monoisotopic (exact) mass is 683 g/mol. The maximum atomic E-state index is 15.0. The van der Waals surface area contributed by atoms with Crippen LogP contribution in [-0.4, -0.2) is 40.5 Å². The molecule has 0 spiro atoms. The first-order valence-electron chi connectivity index (χ1n) is 15.0. The molecule has 11 nitrogen and oxygen atoms in total. The molecule has 1 aliphatic heterocycles. The molecule has 49 heavy (non-hydrogen) atoms. The minimum atomic E-state index is -4.11. The number of aryl methyl sites for hydroxylation is 1. The molecular weight excluding hydrogens is 656 g/mol. The Hall–Kier alpha value is -5.60. The molecule has 6 rings (SSSR count). The first-order chi connectivity index (χ1) is 23.5. The van der Waals surface area contributed by atoms with E-state index >= 15 is 0 Å². The molecule has 248 valence electrons. The van der Waals surface area contributed by atoms with E-state index in [1.165, 1.54) is 30.5 Å². The Morgan fingerprint density at radius 1 is 0.816 bits per heavy atom. The molecule has 0 fully saturated rings. The van der Waals surface area contributed by atoms with E-state index in [0.29, 0.717) is 16.7 Å². The van der Waals surface area contributed by atoms with E-state index in [1.807, 2.05) is 6.07 Å². The lowest BCUT2D eigenvalue weighted by Gasteiger charge is -2.19. The van der Waals surface area contributed by atoms with E-state index < -0.39 is 55.9 Å². The smallest absolute Gasteiger partial charge is 0.338 e. The fourth-order valence-electron chi connectivity index (χ4n) is 5.22. The topological polar surface area (TPSA) is 150 Å². The van der Waals surface area contributed by atoms with Crippen LogP contribution in [0.4, 0.5) is 8.78 Å². The van der Waals surface area contributed by atoms with Gasteiger partial charge >= 0.3 is 11.8 Å². The Labute approximate surface area is 278 Å². The molecule has 1 atom stereocenters. The summed E-state index contributed by atoms with van der Waals surface area (Å²) in [5.74, 6) is -3.96. The van der Waals surface area contributed by atoms with E-state index in [1.54, 1.807) is 55.5 Å². The van der Waals surface area contributed by atoms with Crippen molar-refractivity contribution in [2.75, 3.05) is 5.75 Å². The van der Waals surface area contributed by atoms with Crippen LogP contribution < -0.4 is 16.3 Å². The third-order valence-corrected chi connectivity index (χ3v) is 9.20. The van der Waals surface area contributed by atoms with Crippen LogP contribution in [0, 0.1) is 18.6 Å². The first-order valence-corrected chi connectivity index (χ1v) is 16.7. The van der Waals surface area contributed by atoms with Crippen LogP contribution in [0.1, 0.15) is 34.9 Å². The van der Waals surface area contributed by atoms with Crippen LogP contribution in [-0.2, 0) is 37.3 Å². The molecule has 1 aliphatic rings. The fourth-order valence-corrected chi connectivity index (χ4v) is 6.45. The summed E-state index contributed by atoms with van der Waals surface area (Å²) in [6.45, 7) is 1.35. The van der Waals surface area contributed by atoms with Gasteiger partial charge in [-0.3, -0.25) is 14.4 Å². The zero-order chi connectivity index (χ0) is 34.7. The van der Waals surface area contributed by atoms with Gasteiger partial charge in [0.1, 0.15) is 5.82 Å². The summed E-state index contributed by atoms with van der Waals surface area (Å²) in [5.41, 5.74) is 1.03. The molecule has 0 saturated heterocycles. The predicted molar refractivity (Wildman–Crippen MR) is 171 cm³/mol. The van der Waals surface area contributed by atoms with E-state index in [0.717, 1.165) is 10.6 Å². The molecule has 0 saturated carbocycles. The molecule has 2 aromatic heterocycles. The van der Waals surface area contributed by atoms with Crippen molar-refractivity contribution in [1.29, 1.82) is 0 Å². The Kier molecular flexibility index (Phi) is 9.42. The summed E-state index contributed by atoms with van der Waals surface area (Å²) in [5, 5.41) is -0.154. The van der Waals surface area contributed by atoms with Crippen LogP contribution in [0.25, 0.3) is 11.3 Å². The van der Waals surface area contributed by atoms with Gasteiger partial charge in [-0.2, -0.15) is 0 Å². The Balaban J connectivity index is 1.26. The lowest BCUT2D eigenvalue weighted by molar-refractivity contribution is -0.135. The molecule has 0 aliphatic carbocycles. The minimum absolute atomic E-state index is 0.00699. The number of nitrogens with zero attached hydrogens (tertiary/aromatic N) is 5. The molecule has 0 bridgehead atoms. The quantitative estimate of drug-likeness (QED) is 0.152. The number of benzene rings is 3. The molecule has 3 aromatic carbocycles. The number of hydrogen-bond acceptors (Lipinski definition) is 8. The van der Waals surface area contributed by atoms with Crippen molar-refractivity contribution in [2.45, 2.75) is 37.8 Å². The molecule has 3 heterocycles. The highest BCUT2D eigenvalue weighted by Crippen LogP contribution is 2.26. The summed E-state index contributed by atoms with van der Waals surface area (Å²) in [7, 11) is -4.11. The van der Waals surface area contributed by atoms with Gasteiger partial charge in [-0.1, -0.05) is 54.6 Å². The van der Waals surface area contributed by atoms with Gasteiger partial charge in [-0.05, 0) is 54.8 Å². The normalized spacial score (nSPS) is 13.4. The number of amides is 2. The number of carbonyl (C=O) groups is 2. The molecule has 0 N–H and O–H groups in total. The standard InChI is InChI=1S/C35H27F2N5O6S/c1-21-15-29(25-17-27(37)34(45)42(19-25)18-22-11-12-28-30(16-22)40-33(44)32(43)39-28)41-35(38-21)49(46,47)14-13-31(23-7-3-2-4-8-23)48-20-24-9-5-6-10-26(24)36/h2-12,15-17,19,31H,13-14,18,20H2,1H3. The van der Waals surface area contributed by atoms with Gasteiger partial charge in [0.25, 0.3) is 5.56 Å². The van der Waals surface area contributed by atoms with Gasteiger partial charge in [0.2, 0.25) is 15.0 Å². The van der Waals surface area contributed by atoms with Crippen LogP contribution in [0.2, 0.25) is 0 Å². The number of ether oxygens (including phenoxy) is 1. The Bertz CT molecular complexity index is 2400. The average molecular weight is 684 g/mol. The largest absolute Gasteiger partial charge is 0.369 e. The van der Waals surface area contributed by atoms with E-state index in [-0.39, 0.29) is 47.2 Å². The Morgan fingerprint density at radius 3 is 2.29 bits per heavy atom. The lowest BCUT2D eigenvalue weighted by Crippen LogP contribution is -2.35. The minimum Gasteiger partial charge on any atom is -0.369 e. The SMILES string of the molecule is Cc1cc(-c2cc(F)c(=O)n(Cc3ccc4c(c3)=NC(=O)C(=O)N=4)c2)nc(S(=O)(=O)CCC(OCc2ccccc2F)c2ccccc2)n1. The zero-order valence-corrected chi connectivity index (χ0v) is 26.7. The van der Waals surface area contributed by atoms with Crippen LogP contribution in [0.15, 0.2) is 111 Å². The van der Waals surface area contributed by atoms with Crippen molar-refractivity contribution in [1.82, 2.24) is 14.5 Å². The number of sulfone groups is 1. The third kappa shape index (κ3) is 7.60. The maximum Gasteiger partial charge on any atom is 0.338 e. The second-order valence-electron chi connectivity index (χ2n) is 11.3. The summed E-state index contributed by atoms with van der Waals surface area (Å²) >= 11 is 0. The average Bonchev–Trinajstić information content (AvgIpc) is 3.08. The van der Waals surface area contributed by atoms with Crippen LogP contribution in [0.5, 0.6) is 0 Å². The van der Waals surface area contributed by atoms with Crippen molar-refractivity contribution in [3.05, 3.63) is 146 Å². The van der Waals surface area contributed by atoms with Gasteiger partial charge in [0.15, 0.2) is 5.82 Å². The summed E-state index contributed by atoms with van der Waals surface area (Å²) < 4.78 is 63.5. The summed E-state index contributed by atoms with van der Waals surface area (Å²) in [4.78, 5) is 51.8. The van der Waals surface area contributed by atoms with Gasteiger partial charge in [-0.25, -0.2) is 37.2 Å². The highest BCUT2D eigenvalue weighted by Gasteiger charge is 2.24. The molecule has 14 heteroatoms. The summed E-state index contributed by atoms with van der Waals surface area (Å²) in [6, 6.07) is 22.0. The number of carbonyl (C=O) groups excluding carboxylic acids is 2. The fraction of sp³-hybridized carbons (Fsp3) is 0.171. The molecule has 1 unspecified atom stereocenters. The van der Waals surface area contributed by atoms with E-state index in [2.05, 4.69) is 20.0 Å². The van der Waals surface area contributed by atoms with Crippen molar-refractivity contribution in [3.63, 3.8) is 0 Å². The number of pyridine rings is 1. The van der Waals surface area contributed by atoms with Crippen molar-refractivity contribution < 1.29 is 31.5 Å². The number of rotatable bonds is 11. The first kappa shape index (κ1) is 33.3. The van der Waals surface area contributed by atoms with Crippen LogP contribution in [0.3, 0.4) is 0 Å². The molecular formula is C35H27F2N5O6S. The summed E-state index contributed by atoms with van der Waals surface area (Å²) in [6.07, 6.45) is 0.648. The third-order valence-electron chi connectivity index (χ3n) is 7.69. The predicted octanol–water partition coefficient (Wildman–Crippen LogP) is 3.37. The van der Waals surface area contributed by atoms with Crippen LogP contribution >= 0.6 is 0 Å². The zero-order valence-electron chi connectivity index (χ0n) is 25.9. The van der Waals surface area contributed by atoms with Crippen molar-refractivity contribution >= 4 is 21.7 Å². The second-order valence-corrected chi connectivity index (χ2v) is 13.3. The molecule has 5 aromatic rings. The number of aromatic nitrogens is 3. The number of halogens is 2. The van der Waals surface area contributed by atoms with Gasteiger partial charge in [0.05, 0.1) is 41.4 Å². The lowest BCUT2D eigenvalue weighted by atomic mass is 10.1. The number of fused-ring (bicyclic) bond motifs is 1. The van der Waals surface area contributed by atoms with Crippen molar-refractivity contribution in [2.24, 2.45) is 9.98 Å². The van der Waals surface area contributed by atoms with Crippen molar-refractivity contribution in [3.8, 4) is 11.3 Å². The second kappa shape index (κ2) is 13.9. The van der Waals surface area contributed by atoms with Gasteiger partial charge in [0, 0.05) is 23.0 Å². The van der Waals surface area contributed by atoms with Gasteiger partial charge in [-0.15, -0.1) is 0 Å². The van der Waals surface area contributed by atoms with E-state index in [4.69, 9.17) is 4.74 Å². The maximum absolute atomic E-state index is 15.0. The van der Waals surface area contributed by atoms with Gasteiger partial charge < -0.3 is 9.30 Å². The number of hydrogen-bond donors (Lipinski definition) is 0.